The number of aliphatic carboxylic acids is 1. The van der Waals surface area contributed by atoms with Gasteiger partial charge < -0.3 is 15.3 Å². The van der Waals surface area contributed by atoms with Crippen LogP contribution < -0.4 is 5.32 Å². The lowest BCUT2D eigenvalue weighted by molar-refractivity contribution is -0.131. The SMILES string of the molecule is CN1CCC(NC/C=C/C(=O)O)CC1. The van der Waals surface area contributed by atoms with Crippen molar-refractivity contribution >= 4 is 5.97 Å². The van der Waals surface area contributed by atoms with E-state index in [0.29, 0.717) is 12.6 Å². The molecule has 0 aromatic rings. The van der Waals surface area contributed by atoms with E-state index in [2.05, 4.69) is 17.3 Å². The first-order valence-corrected chi connectivity index (χ1v) is 5.00. The van der Waals surface area contributed by atoms with Crippen LogP contribution in [0.4, 0.5) is 0 Å². The fraction of sp³-hybridized carbons (Fsp3) is 0.700. The molecule has 0 aliphatic carbocycles. The van der Waals surface area contributed by atoms with Gasteiger partial charge in [-0.2, -0.15) is 0 Å². The van der Waals surface area contributed by atoms with Crippen LogP contribution in [-0.2, 0) is 4.79 Å². The molecule has 1 rings (SSSR count). The lowest BCUT2D eigenvalue weighted by Gasteiger charge is -2.29. The molecule has 0 bridgehead atoms. The molecule has 0 unspecified atom stereocenters. The van der Waals surface area contributed by atoms with E-state index in [1.807, 2.05) is 0 Å². The number of hydrogen-bond acceptors (Lipinski definition) is 3. The van der Waals surface area contributed by atoms with Crippen molar-refractivity contribution in [2.24, 2.45) is 0 Å². The van der Waals surface area contributed by atoms with Crippen molar-refractivity contribution in [3.05, 3.63) is 12.2 Å². The Bertz CT molecular complexity index is 208. The van der Waals surface area contributed by atoms with Gasteiger partial charge >= 0.3 is 5.97 Å². The first kappa shape index (κ1) is 11.2. The van der Waals surface area contributed by atoms with Crippen LogP contribution in [0, 0.1) is 0 Å². The summed E-state index contributed by atoms with van der Waals surface area (Å²) in [6.45, 7) is 2.90. The minimum absolute atomic E-state index is 0.546. The summed E-state index contributed by atoms with van der Waals surface area (Å²) in [4.78, 5) is 12.5. The fourth-order valence-corrected chi connectivity index (χ4v) is 1.61. The molecule has 4 nitrogen and oxygen atoms in total. The molecule has 0 aromatic heterocycles. The molecule has 1 fully saturated rings. The van der Waals surface area contributed by atoms with Gasteiger partial charge in [-0.3, -0.25) is 0 Å². The van der Waals surface area contributed by atoms with Crippen LogP contribution in [0.25, 0.3) is 0 Å². The lowest BCUT2D eigenvalue weighted by Crippen LogP contribution is -2.40. The third kappa shape index (κ3) is 4.39. The molecule has 1 aliphatic rings. The largest absolute Gasteiger partial charge is 0.478 e. The van der Waals surface area contributed by atoms with E-state index in [1.54, 1.807) is 6.08 Å². The van der Waals surface area contributed by atoms with Gasteiger partial charge in [0, 0.05) is 18.7 Å². The number of carbonyl (C=O) groups is 1. The van der Waals surface area contributed by atoms with Gasteiger partial charge in [0.05, 0.1) is 0 Å². The van der Waals surface area contributed by atoms with Crippen LogP contribution >= 0.6 is 0 Å². The second kappa shape index (κ2) is 5.78. The number of likely N-dealkylation sites (tertiary alicyclic amines) is 1. The van der Waals surface area contributed by atoms with Crippen LogP contribution in [0.1, 0.15) is 12.8 Å². The van der Waals surface area contributed by atoms with E-state index >= 15 is 0 Å². The van der Waals surface area contributed by atoms with Gasteiger partial charge in [-0.25, -0.2) is 4.79 Å². The van der Waals surface area contributed by atoms with Crippen molar-refractivity contribution in [2.45, 2.75) is 18.9 Å². The smallest absolute Gasteiger partial charge is 0.328 e. The molecule has 1 saturated heterocycles. The number of nitrogens with one attached hydrogen (secondary N) is 1. The highest BCUT2D eigenvalue weighted by atomic mass is 16.4. The first-order valence-electron chi connectivity index (χ1n) is 5.00. The topological polar surface area (TPSA) is 52.6 Å². The second-order valence-corrected chi connectivity index (χ2v) is 3.73. The van der Waals surface area contributed by atoms with Crippen molar-refractivity contribution in [3.8, 4) is 0 Å². The van der Waals surface area contributed by atoms with Crippen molar-refractivity contribution in [1.29, 1.82) is 0 Å². The number of carboxylic acids is 1. The Labute approximate surface area is 84.6 Å². The standard InChI is InChI=1S/C10H18N2O2/c1-12-7-4-9(5-8-12)11-6-2-3-10(13)14/h2-3,9,11H,4-8H2,1H3,(H,13,14)/b3-2+. The maximum absolute atomic E-state index is 10.2. The highest BCUT2D eigenvalue weighted by molar-refractivity contribution is 5.79. The minimum Gasteiger partial charge on any atom is -0.478 e. The average molecular weight is 198 g/mol. The molecule has 1 aliphatic heterocycles. The molecule has 0 atom stereocenters. The molecular weight excluding hydrogens is 180 g/mol. The second-order valence-electron chi connectivity index (χ2n) is 3.73. The molecule has 14 heavy (non-hydrogen) atoms. The van der Waals surface area contributed by atoms with Crippen molar-refractivity contribution in [2.75, 3.05) is 26.7 Å². The van der Waals surface area contributed by atoms with Crippen LogP contribution in [-0.4, -0.2) is 48.7 Å². The normalized spacial score (nSPS) is 20.4. The molecule has 4 heteroatoms. The summed E-state index contributed by atoms with van der Waals surface area (Å²) in [5, 5.41) is 11.7. The van der Waals surface area contributed by atoms with E-state index in [9.17, 15) is 4.79 Å². The Balaban J connectivity index is 2.10. The molecule has 0 radical (unpaired) electrons. The Morgan fingerprint density at radius 1 is 1.57 bits per heavy atom. The number of piperidine rings is 1. The van der Waals surface area contributed by atoms with E-state index in [0.717, 1.165) is 25.9 Å². The van der Waals surface area contributed by atoms with Gasteiger partial charge in [0.15, 0.2) is 0 Å². The zero-order chi connectivity index (χ0) is 10.4. The molecule has 0 aromatic carbocycles. The highest BCUT2D eigenvalue weighted by Crippen LogP contribution is 2.07. The molecular formula is C10H18N2O2. The van der Waals surface area contributed by atoms with Crippen LogP contribution in [0.15, 0.2) is 12.2 Å². The molecule has 0 saturated carbocycles. The number of carboxylic acid groups (broad SMARTS) is 1. The fourth-order valence-electron chi connectivity index (χ4n) is 1.61. The Hall–Kier alpha value is -0.870. The zero-order valence-electron chi connectivity index (χ0n) is 8.57. The first-order chi connectivity index (χ1) is 6.68. The Morgan fingerprint density at radius 3 is 2.79 bits per heavy atom. The molecule has 0 amide bonds. The Morgan fingerprint density at radius 2 is 2.21 bits per heavy atom. The van der Waals surface area contributed by atoms with E-state index < -0.39 is 5.97 Å². The maximum atomic E-state index is 10.2. The summed E-state index contributed by atoms with van der Waals surface area (Å²) in [5.41, 5.74) is 0. The molecule has 80 valence electrons. The summed E-state index contributed by atoms with van der Waals surface area (Å²) < 4.78 is 0. The quantitative estimate of drug-likeness (QED) is 0.638. The summed E-state index contributed by atoms with van der Waals surface area (Å²) in [5.74, 6) is -0.879. The Kier molecular flexibility index (Phi) is 4.62. The predicted octanol–water partition coefficient (Wildman–Crippen LogP) is 0.311. The molecule has 1 heterocycles. The summed E-state index contributed by atoms with van der Waals surface area (Å²) in [6.07, 6.45) is 5.14. The predicted molar refractivity (Wildman–Crippen MR) is 55.3 cm³/mol. The lowest BCUT2D eigenvalue weighted by atomic mass is 10.1. The third-order valence-corrected chi connectivity index (χ3v) is 2.50. The van der Waals surface area contributed by atoms with Gasteiger partial charge in [-0.05, 0) is 33.0 Å². The molecule has 0 spiro atoms. The van der Waals surface area contributed by atoms with E-state index in [1.165, 1.54) is 6.08 Å². The van der Waals surface area contributed by atoms with E-state index in [4.69, 9.17) is 5.11 Å². The summed E-state index contributed by atoms with van der Waals surface area (Å²) >= 11 is 0. The highest BCUT2D eigenvalue weighted by Gasteiger charge is 2.14. The van der Waals surface area contributed by atoms with Crippen LogP contribution in [0.3, 0.4) is 0 Å². The third-order valence-electron chi connectivity index (χ3n) is 2.50. The van der Waals surface area contributed by atoms with Crippen molar-refractivity contribution in [3.63, 3.8) is 0 Å². The number of hydrogen-bond donors (Lipinski definition) is 2. The maximum Gasteiger partial charge on any atom is 0.328 e. The van der Waals surface area contributed by atoms with Crippen molar-refractivity contribution in [1.82, 2.24) is 10.2 Å². The zero-order valence-corrected chi connectivity index (χ0v) is 8.57. The van der Waals surface area contributed by atoms with Gasteiger partial charge in [-0.1, -0.05) is 6.08 Å². The summed E-state index contributed by atoms with van der Waals surface area (Å²) in [6, 6.07) is 0.546. The van der Waals surface area contributed by atoms with Gasteiger partial charge in [0.2, 0.25) is 0 Å². The average Bonchev–Trinajstić information content (AvgIpc) is 2.15. The molecule has 2 N–H and O–H groups in total. The van der Waals surface area contributed by atoms with E-state index in [-0.39, 0.29) is 0 Å². The van der Waals surface area contributed by atoms with Crippen LogP contribution in [0.5, 0.6) is 0 Å². The number of rotatable bonds is 4. The van der Waals surface area contributed by atoms with Crippen LogP contribution in [0.2, 0.25) is 0 Å². The van der Waals surface area contributed by atoms with Gasteiger partial charge in [0.1, 0.15) is 0 Å². The minimum atomic E-state index is -0.879. The van der Waals surface area contributed by atoms with Gasteiger partial charge in [-0.15, -0.1) is 0 Å². The van der Waals surface area contributed by atoms with Gasteiger partial charge in [0.25, 0.3) is 0 Å². The number of nitrogens with zero attached hydrogens (tertiary/aromatic N) is 1. The monoisotopic (exact) mass is 198 g/mol. The van der Waals surface area contributed by atoms with Crippen molar-refractivity contribution < 1.29 is 9.90 Å². The summed E-state index contributed by atoms with van der Waals surface area (Å²) in [7, 11) is 2.13.